The van der Waals surface area contributed by atoms with E-state index in [1.807, 2.05) is 48.2 Å². The van der Waals surface area contributed by atoms with E-state index in [4.69, 9.17) is 4.74 Å². The molecule has 1 N–H and O–H groups in total. The lowest BCUT2D eigenvalue weighted by Crippen LogP contribution is -2.43. The molecule has 4 nitrogen and oxygen atoms in total. The van der Waals surface area contributed by atoms with Crippen LogP contribution in [-0.4, -0.2) is 24.1 Å². The van der Waals surface area contributed by atoms with Crippen molar-refractivity contribution in [2.45, 2.75) is 70.9 Å². The monoisotopic (exact) mass is 502 g/mol. The molecule has 0 bridgehead atoms. The molecule has 4 rings (SSSR count). The molecule has 0 spiro atoms. The van der Waals surface area contributed by atoms with Gasteiger partial charge >= 0.3 is 6.03 Å². The second-order valence-corrected chi connectivity index (χ2v) is 9.96. The summed E-state index contributed by atoms with van der Waals surface area (Å²) < 4.78 is 19.6. The molecule has 0 saturated carbocycles. The predicted octanol–water partition coefficient (Wildman–Crippen LogP) is 8.45. The van der Waals surface area contributed by atoms with Gasteiger partial charge in [-0.25, -0.2) is 9.18 Å². The standard InChI is InChI=1S/C32H39FN2O2/c1-3-4-5-6-10-21-35(32(36)34-24(2)25-12-8-7-9-13-25)30-14-11-22-37-31-23-27(17-20-29(30)31)26-15-18-28(33)19-16-26/h7-9,12-13,15-20,23-24,30H,3-6,10-11,14,21-22H2,1-2H3,(H,34,36)/t24-,30+/m0/s1. The van der Waals surface area contributed by atoms with Gasteiger partial charge in [-0.1, -0.05) is 87.2 Å². The van der Waals surface area contributed by atoms with E-state index in [-0.39, 0.29) is 23.9 Å². The van der Waals surface area contributed by atoms with Crippen LogP contribution >= 0.6 is 0 Å². The summed E-state index contributed by atoms with van der Waals surface area (Å²) in [7, 11) is 0. The van der Waals surface area contributed by atoms with Crippen molar-refractivity contribution in [2.75, 3.05) is 13.2 Å². The molecule has 1 aliphatic heterocycles. The third-order valence-corrected chi connectivity index (χ3v) is 7.21. The summed E-state index contributed by atoms with van der Waals surface area (Å²) in [5, 5.41) is 3.25. The Morgan fingerprint density at radius 2 is 1.73 bits per heavy atom. The van der Waals surface area contributed by atoms with Crippen molar-refractivity contribution in [3.8, 4) is 16.9 Å². The number of hydrogen-bond acceptors (Lipinski definition) is 2. The Balaban J connectivity index is 1.58. The fraction of sp³-hybridized carbons (Fsp3) is 0.406. The zero-order chi connectivity index (χ0) is 26.0. The van der Waals surface area contributed by atoms with Crippen LogP contribution in [0.25, 0.3) is 11.1 Å². The van der Waals surface area contributed by atoms with Gasteiger partial charge in [0, 0.05) is 12.1 Å². The van der Waals surface area contributed by atoms with Gasteiger partial charge in [-0.2, -0.15) is 0 Å². The normalized spacial score (nSPS) is 15.7. The molecule has 3 aromatic carbocycles. The second kappa shape index (κ2) is 13.3. The minimum absolute atomic E-state index is 0.0349. The number of hydrogen-bond donors (Lipinski definition) is 1. The van der Waals surface area contributed by atoms with Crippen molar-refractivity contribution in [3.63, 3.8) is 0 Å². The molecule has 3 aromatic rings. The Morgan fingerprint density at radius 1 is 1.00 bits per heavy atom. The number of benzene rings is 3. The van der Waals surface area contributed by atoms with Gasteiger partial charge in [-0.05, 0) is 61.1 Å². The van der Waals surface area contributed by atoms with E-state index in [1.54, 1.807) is 12.1 Å². The number of halogens is 1. The van der Waals surface area contributed by atoms with Gasteiger partial charge < -0.3 is 15.0 Å². The first-order chi connectivity index (χ1) is 18.1. The zero-order valence-corrected chi connectivity index (χ0v) is 22.1. The molecule has 0 fully saturated rings. The summed E-state index contributed by atoms with van der Waals surface area (Å²) in [6.07, 6.45) is 7.44. The molecule has 0 radical (unpaired) electrons. The van der Waals surface area contributed by atoms with Gasteiger partial charge in [-0.3, -0.25) is 0 Å². The number of ether oxygens (including phenoxy) is 1. The molecule has 37 heavy (non-hydrogen) atoms. The van der Waals surface area contributed by atoms with E-state index in [1.165, 1.54) is 31.4 Å². The summed E-state index contributed by atoms with van der Waals surface area (Å²) in [5.74, 6) is 0.560. The van der Waals surface area contributed by atoms with Crippen molar-refractivity contribution in [1.82, 2.24) is 10.2 Å². The fourth-order valence-electron chi connectivity index (χ4n) is 5.07. The predicted molar refractivity (Wildman–Crippen MR) is 148 cm³/mol. The molecule has 0 saturated heterocycles. The molecule has 0 unspecified atom stereocenters. The minimum atomic E-state index is -0.250. The molecule has 1 aliphatic rings. The molecular formula is C32H39FN2O2. The smallest absolute Gasteiger partial charge is 0.318 e. The maximum atomic E-state index is 13.7. The lowest BCUT2D eigenvalue weighted by Gasteiger charge is -2.33. The molecule has 0 aromatic heterocycles. The maximum Gasteiger partial charge on any atom is 0.318 e. The summed E-state index contributed by atoms with van der Waals surface area (Å²) in [4.78, 5) is 15.8. The lowest BCUT2D eigenvalue weighted by atomic mass is 9.96. The van der Waals surface area contributed by atoms with E-state index in [9.17, 15) is 9.18 Å². The Kier molecular flexibility index (Phi) is 9.58. The summed E-state index contributed by atoms with van der Waals surface area (Å²) in [6.45, 7) is 5.57. The SMILES string of the molecule is CCCCCCCN(C(=O)N[C@@H](C)c1ccccc1)[C@@H]1CCCOc2cc(-c3ccc(F)cc3)ccc21. The van der Waals surface area contributed by atoms with Crippen molar-refractivity contribution >= 4 is 6.03 Å². The fourth-order valence-corrected chi connectivity index (χ4v) is 5.07. The van der Waals surface area contributed by atoms with Crippen LogP contribution in [0.2, 0.25) is 0 Å². The molecule has 0 aliphatic carbocycles. The van der Waals surface area contributed by atoms with Crippen molar-refractivity contribution < 1.29 is 13.9 Å². The largest absolute Gasteiger partial charge is 0.493 e. The van der Waals surface area contributed by atoms with E-state index < -0.39 is 0 Å². The summed E-state index contributed by atoms with van der Waals surface area (Å²) >= 11 is 0. The quantitative estimate of drug-likeness (QED) is 0.283. The highest BCUT2D eigenvalue weighted by atomic mass is 19.1. The van der Waals surface area contributed by atoms with Crippen LogP contribution in [-0.2, 0) is 0 Å². The van der Waals surface area contributed by atoms with Gasteiger partial charge in [-0.15, -0.1) is 0 Å². The van der Waals surface area contributed by atoms with Crippen LogP contribution in [0.5, 0.6) is 5.75 Å². The number of carbonyl (C=O) groups is 1. The van der Waals surface area contributed by atoms with E-state index in [0.717, 1.165) is 53.7 Å². The third kappa shape index (κ3) is 7.12. The number of rotatable bonds is 10. The first-order valence-electron chi connectivity index (χ1n) is 13.7. The number of nitrogens with one attached hydrogen (secondary N) is 1. The first kappa shape index (κ1) is 26.7. The number of carbonyl (C=O) groups excluding carboxylic acids is 1. The number of fused-ring (bicyclic) bond motifs is 1. The van der Waals surface area contributed by atoms with Gasteiger partial charge in [0.2, 0.25) is 0 Å². The van der Waals surface area contributed by atoms with Crippen LogP contribution in [0, 0.1) is 5.82 Å². The Bertz CT molecular complexity index is 1130. The van der Waals surface area contributed by atoms with Crippen LogP contribution in [0.15, 0.2) is 72.8 Å². The topological polar surface area (TPSA) is 41.6 Å². The Labute approximate surface area is 220 Å². The van der Waals surface area contributed by atoms with E-state index >= 15 is 0 Å². The van der Waals surface area contributed by atoms with Crippen molar-refractivity contribution in [2.24, 2.45) is 0 Å². The Morgan fingerprint density at radius 3 is 2.49 bits per heavy atom. The van der Waals surface area contributed by atoms with Gasteiger partial charge in [0.15, 0.2) is 0 Å². The second-order valence-electron chi connectivity index (χ2n) is 9.96. The summed E-state index contributed by atoms with van der Waals surface area (Å²) in [6, 6.07) is 22.6. The number of nitrogens with zero attached hydrogens (tertiary/aromatic N) is 1. The molecular weight excluding hydrogens is 463 g/mol. The van der Waals surface area contributed by atoms with Crippen molar-refractivity contribution in [1.29, 1.82) is 0 Å². The van der Waals surface area contributed by atoms with Gasteiger partial charge in [0.25, 0.3) is 0 Å². The van der Waals surface area contributed by atoms with E-state index in [2.05, 4.69) is 24.4 Å². The van der Waals surface area contributed by atoms with Gasteiger partial charge in [0.1, 0.15) is 11.6 Å². The van der Waals surface area contributed by atoms with Crippen molar-refractivity contribution in [3.05, 3.63) is 89.7 Å². The molecule has 2 atom stereocenters. The average Bonchev–Trinajstić information content (AvgIpc) is 3.13. The molecule has 5 heteroatoms. The van der Waals surface area contributed by atoms with Crippen LogP contribution < -0.4 is 10.1 Å². The highest BCUT2D eigenvalue weighted by Gasteiger charge is 2.30. The molecule has 196 valence electrons. The number of amides is 2. The third-order valence-electron chi connectivity index (χ3n) is 7.21. The summed E-state index contributed by atoms with van der Waals surface area (Å²) in [5.41, 5.74) is 4.05. The van der Waals surface area contributed by atoms with E-state index in [0.29, 0.717) is 13.2 Å². The van der Waals surface area contributed by atoms with Gasteiger partial charge in [0.05, 0.1) is 18.7 Å². The highest BCUT2D eigenvalue weighted by molar-refractivity contribution is 5.76. The average molecular weight is 503 g/mol. The first-order valence-corrected chi connectivity index (χ1v) is 13.7. The van der Waals surface area contributed by atoms with Crippen LogP contribution in [0.1, 0.15) is 82.0 Å². The highest BCUT2D eigenvalue weighted by Crippen LogP contribution is 2.38. The van der Waals surface area contributed by atoms with Crippen LogP contribution in [0.4, 0.5) is 9.18 Å². The van der Waals surface area contributed by atoms with Crippen LogP contribution in [0.3, 0.4) is 0 Å². The zero-order valence-electron chi connectivity index (χ0n) is 22.1. The minimum Gasteiger partial charge on any atom is -0.493 e. The number of unbranched alkanes of at least 4 members (excludes halogenated alkanes) is 4. The molecule has 1 heterocycles. The number of urea groups is 1. The maximum absolute atomic E-state index is 13.7. The molecule has 2 amide bonds. The lowest BCUT2D eigenvalue weighted by molar-refractivity contribution is 0.165. The Hall–Kier alpha value is -3.34.